The van der Waals surface area contributed by atoms with E-state index in [9.17, 15) is 0 Å². The van der Waals surface area contributed by atoms with Gasteiger partial charge in [-0.2, -0.15) is 0 Å². The highest BCUT2D eigenvalue weighted by Gasteiger charge is 2.05. The molecule has 0 aromatic rings. The van der Waals surface area contributed by atoms with E-state index in [0.29, 0.717) is 6.10 Å². The predicted octanol–water partition coefficient (Wildman–Crippen LogP) is 10.7. The van der Waals surface area contributed by atoms with Crippen molar-refractivity contribution in [3.63, 3.8) is 0 Å². The fourth-order valence-electron chi connectivity index (χ4n) is 5.04. The molecule has 0 rings (SSSR count). The molecule has 5 heteroatoms. The van der Waals surface area contributed by atoms with E-state index >= 15 is 0 Å². The van der Waals surface area contributed by atoms with Crippen LogP contribution in [0.3, 0.4) is 0 Å². The second-order valence-electron chi connectivity index (χ2n) is 12.9. The Morgan fingerprint density at radius 1 is 0.409 bits per heavy atom. The molecule has 0 aliphatic rings. The Bertz CT molecular complexity index is 426. The SMILES string of the molecule is CCCCCCCCCCCCC.CCCCCCCCCCCOC(CC)CNCCCCNCCCN.CCCCN. The molecule has 0 aliphatic carbocycles. The highest BCUT2D eigenvalue weighted by Crippen LogP contribution is 2.11. The zero-order valence-electron chi connectivity index (χ0n) is 31.5. The van der Waals surface area contributed by atoms with Crippen LogP contribution in [0.4, 0.5) is 0 Å². The highest BCUT2D eigenvalue weighted by atomic mass is 16.5. The summed E-state index contributed by atoms with van der Waals surface area (Å²) >= 11 is 0. The minimum absolute atomic E-state index is 0.381. The molecule has 0 amide bonds. The van der Waals surface area contributed by atoms with Crippen LogP contribution < -0.4 is 22.1 Å². The fraction of sp³-hybridized carbons (Fsp3) is 1.00. The number of hydrogen-bond donors (Lipinski definition) is 4. The lowest BCUT2D eigenvalue weighted by atomic mass is 10.1. The van der Waals surface area contributed by atoms with E-state index in [0.717, 1.165) is 58.7 Å². The van der Waals surface area contributed by atoms with Gasteiger partial charge in [0.1, 0.15) is 0 Å². The molecular formula is C39H88N4O. The largest absolute Gasteiger partial charge is 0.377 e. The van der Waals surface area contributed by atoms with Crippen molar-refractivity contribution < 1.29 is 4.74 Å². The molecule has 0 bridgehead atoms. The Labute approximate surface area is 280 Å². The quantitative estimate of drug-likeness (QED) is 0.0533. The summed E-state index contributed by atoms with van der Waals surface area (Å²) in [5.41, 5.74) is 10.6. The Balaban J connectivity index is -0.000000770. The topological polar surface area (TPSA) is 85.3 Å². The first-order valence-corrected chi connectivity index (χ1v) is 20.1. The van der Waals surface area contributed by atoms with Crippen molar-refractivity contribution in [1.29, 1.82) is 0 Å². The second kappa shape index (κ2) is 49.7. The van der Waals surface area contributed by atoms with Gasteiger partial charge in [0.05, 0.1) is 6.10 Å². The van der Waals surface area contributed by atoms with Crippen molar-refractivity contribution >= 4 is 0 Å². The van der Waals surface area contributed by atoms with Crippen molar-refractivity contribution in [2.75, 3.05) is 45.9 Å². The molecule has 270 valence electrons. The normalized spacial score (nSPS) is 11.5. The molecule has 0 heterocycles. The molecule has 1 unspecified atom stereocenters. The van der Waals surface area contributed by atoms with Gasteiger partial charge in [-0.25, -0.2) is 0 Å². The molecule has 5 nitrogen and oxygen atoms in total. The van der Waals surface area contributed by atoms with Crippen LogP contribution in [-0.4, -0.2) is 52.0 Å². The lowest BCUT2D eigenvalue weighted by Crippen LogP contribution is -2.30. The molecule has 0 radical (unpaired) electrons. The summed E-state index contributed by atoms with van der Waals surface area (Å²) in [6.45, 7) is 18.0. The van der Waals surface area contributed by atoms with E-state index in [1.54, 1.807) is 0 Å². The van der Waals surface area contributed by atoms with Crippen LogP contribution >= 0.6 is 0 Å². The second-order valence-corrected chi connectivity index (χ2v) is 12.9. The Kier molecular flexibility index (Phi) is 54.4. The zero-order chi connectivity index (χ0) is 33.0. The van der Waals surface area contributed by atoms with Gasteiger partial charge in [0, 0.05) is 13.2 Å². The number of nitrogens with two attached hydrogens (primary N) is 2. The smallest absolute Gasteiger partial charge is 0.0696 e. The summed E-state index contributed by atoms with van der Waals surface area (Å²) in [6.07, 6.45) is 35.7. The Morgan fingerprint density at radius 2 is 0.773 bits per heavy atom. The van der Waals surface area contributed by atoms with Gasteiger partial charge in [0.2, 0.25) is 0 Å². The maximum Gasteiger partial charge on any atom is 0.0696 e. The average Bonchev–Trinajstić information content (AvgIpc) is 3.04. The number of nitrogens with one attached hydrogen (secondary N) is 2. The van der Waals surface area contributed by atoms with Crippen LogP contribution in [0.25, 0.3) is 0 Å². The summed E-state index contributed by atoms with van der Waals surface area (Å²) < 4.78 is 6.04. The van der Waals surface area contributed by atoms with Crippen molar-refractivity contribution in [2.45, 2.75) is 208 Å². The molecule has 1 atom stereocenters. The first-order valence-electron chi connectivity index (χ1n) is 20.1. The molecule has 0 spiro atoms. The van der Waals surface area contributed by atoms with Crippen molar-refractivity contribution in [3.05, 3.63) is 0 Å². The van der Waals surface area contributed by atoms with E-state index in [1.807, 2.05) is 0 Å². The minimum Gasteiger partial charge on any atom is -0.377 e. The summed E-state index contributed by atoms with van der Waals surface area (Å²) in [6, 6.07) is 0. The summed E-state index contributed by atoms with van der Waals surface area (Å²) in [7, 11) is 0. The number of hydrogen-bond acceptors (Lipinski definition) is 5. The molecule has 44 heavy (non-hydrogen) atoms. The van der Waals surface area contributed by atoms with Crippen LogP contribution in [0.15, 0.2) is 0 Å². The van der Waals surface area contributed by atoms with E-state index in [4.69, 9.17) is 16.2 Å². The molecule has 0 aliphatic heterocycles. The van der Waals surface area contributed by atoms with Gasteiger partial charge in [-0.05, 0) is 71.2 Å². The average molecular weight is 629 g/mol. The van der Waals surface area contributed by atoms with Gasteiger partial charge in [0.15, 0.2) is 0 Å². The van der Waals surface area contributed by atoms with Gasteiger partial charge < -0.3 is 26.8 Å². The third-order valence-corrected chi connectivity index (χ3v) is 8.21. The molecule has 0 fully saturated rings. The van der Waals surface area contributed by atoms with E-state index in [2.05, 4.69) is 45.3 Å². The van der Waals surface area contributed by atoms with Crippen LogP contribution in [0, 0.1) is 0 Å². The van der Waals surface area contributed by atoms with Gasteiger partial charge in [-0.3, -0.25) is 0 Å². The third-order valence-electron chi connectivity index (χ3n) is 8.21. The molecule has 0 aromatic carbocycles. The molecule has 0 saturated carbocycles. The lowest BCUT2D eigenvalue weighted by molar-refractivity contribution is 0.0482. The van der Waals surface area contributed by atoms with Crippen LogP contribution in [-0.2, 0) is 4.74 Å². The standard InChI is InChI=1S/C22H49N3O.C13H28.C4H11N/c1-3-5-6-7-8-9-10-11-14-20-26-22(4-2)21-25-18-13-12-17-24-19-15-16-23;1-3-5-7-9-11-13-12-10-8-6-4-2;1-2-3-4-5/h22,24-25H,3-21,23H2,1-2H3;3-13H2,1-2H3;2-5H2,1H3. The summed E-state index contributed by atoms with van der Waals surface area (Å²) in [5, 5.41) is 6.98. The molecule has 6 N–H and O–H groups in total. The number of unbranched alkanes of at least 4 members (excludes halogenated alkanes) is 20. The fourth-order valence-corrected chi connectivity index (χ4v) is 5.04. The van der Waals surface area contributed by atoms with Crippen molar-refractivity contribution in [2.24, 2.45) is 11.5 Å². The van der Waals surface area contributed by atoms with E-state index in [1.165, 1.54) is 154 Å². The number of ether oxygens (including phenoxy) is 1. The predicted molar refractivity (Wildman–Crippen MR) is 202 cm³/mol. The van der Waals surface area contributed by atoms with Gasteiger partial charge >= 0.3 is 0 Å². The van der Waals surface area contributed by atoms with Crippen molar-refractivity contribution in [3.8, 4) is 0 Å². The maximum absolute atomic E-state index is 6.04. The molecular weight excluding hydrogens is 540 g/mol. The lowest BCUT2D eigenvalue weighted by Gasteiger charge is -2.17. The van der Waals surface area contributed by atoms with Gasteiger partial charge in [0.25, 0.3) is 0 Å². The zero-order valence-corrected chi connectivity index (χ0v) is 31.5. The summed E-state index contributed by atoms with van der Waals surface area (Å²) in [4.78, 5) is 0. The molecule has 0 saturated heterocycles. The third kappa shape index (κ3) is 51.4. The summed E-state index contributed by atoms with van der Waals surface area (Å²) in [5.74, 6) is 0. The highest BCUT2D eigenvalue weighted by molar-refractivity contribution is 4.61. The monoisotopic (exact) mass is 629 g/mol. The van der Waals surface area contributed by atoms with Crippen LogP contribution in [0.1, 0.15) is 202 Å². The van der Waals surface area contributed by atoms with Gasteiger partial charge in [-0.1, -0.05) is 163 Å². The van der Waals surface area contributed by atoms with Gasteiger partial charge in [-0.15, -0.1) is 0 Å². The molecule has 0 aromatic heterocycles. The number of rotatable bonds is 34. The first-order chi connectivity index (χ1) is 21.7. The Morgan fingerprint density at radius 3 is 1.14 bits per heavy atom. The Hall–Kier alpha value is -0.200. The maximum atomic E-state index is 6.04. The van der Waals surface area contributed by atoms with E-state index < -0.39 is 0 Å². The van der Waals surface area contributed by atoms with Crippen molar-refractivity contribution in [1.82, 2.24) is 10.6 Å². The van der Waals surface area contributed by atoms with Crippen LogP contribution in [0.5, 0.6) is 0 Å². The van der Waals surface area contributed by atoms with Crippen LogP contribution in [0.2, 0.25) is 0 Å². The first kappa shape index (κ1) is 48.2. The van der Waals surface area contributed by atoms with E-state index in [-0.39, 0.29) is 0 Å². The minimum atomic E-state index is 0.381.